The highest BCUT2D eigenvalue weighted by Crippen LogP contribution is 2.34. The van der Waals surface area contributed by atoms with E-state index < -0.39 is 17.8 Å². The number of ketones is 1. The van der Waals surface area contributed by atoms with Gasteiger partial charge in [0.15, 0.2) is 5.78 Å². The van der Waals surface area contributed by atoms with Crippen LogP contribution in [0, 0.1) is 11.7 Å². The van der Waals surface area contributed by atoms with Gasteiger partial charge in [-0.05, 0) is 54.7 Å². The van der Waals surface area contributed by atoms with Crippen LogP contribution in [0.4, 0.5) is 13.2 Å². The van der Waals surface area contributed by atoms with Crippen LogP contribution in [0.1, 0.15) is 64.7 Å². The van der Waals surface area contributed by atoms with Gasteiger partial charge >= 0.3 is 0 Å². The minimum atomic E-state index is -2.77. The highest BCUT2D eigenvalue weighted by Gasteiger charge is 2.41. The molecule has 3 aliphatic rings. The van der Waals surface area contributed by atoms with E-state index in [1.54, 1.807) is 24.5 Å². The van der Waals surface area contributed by atoms with Crippen molar-refractivity contribution in [2.24, 2.45) is 10.9 Å². The molecule has 44 heavy (non-hydrogen) atoms. The maximum absolute atomic E-state index is 15.0. The maximum Gasteiger partial charge on any atom is 0.251 e. The Hall–Kier alpha value is -4.05. The third-order valence-electron chi connectivity index (χ3n) is 9.05. The zero-order valence-corrected chi connectivity index (χ0v) is 24.6. The number of aliphatic imine (C=N–C) groups is 1. The summed E-state index contributed by atoms with van der Waals surface area (Å²) in [5, 5.41) is 0. The first-order valence-electron chi connectivity index (χ1n) is 15.1. The summed E-state index contributed by atoms with van der Waals surface area (Å²) in [6, 6.07) is 13.5. The molecule has 7 nitrogen and oxygen atoms in total. The van der Waals surface area contributed by atoms with Crippen molar-refractivity contribution >= 4 is 17.4 Å². The van der Waals surface area contributed by atoms with Gasteiger partial charge < -0.3 is 9.64 Å². The Morgan fingerprint density at radius 3 is 2.57 bits per heavy atom. The number of methoxy groups -OCH3 is 1. The molecule has 1 amide bonds. The molecule has 2 fully saturated rings. The Labute approximate surface area is 254 Å². The fraction of sp³-hybridized carbons (Fsp3) is 0.412. The molecular formula is C34H35F3N4O3. The summed E-state index contributed by atoms with van der Waals surface area (Å²) in [4.78, 5) is 39.4. The van der Waals surface area contributed by atoms with E-state index in [1.165, 1.54) is 18.1 Å². The summed E-state index contributed by atoms with van der Waals surface area (Å²) < 4.78 is 48.1. The number of hydrogen-bond donors (Lipinski definition) is 0. The van der Waals surface area contributed by atoms with E-state index >= 15 is 0 Å². The predicted molar refractivity (Wildman–Crippen MR) is 160 cm³/mol. The van der Waals surface area contributed by atoms with Crippen molar-refractivity contribution in [3.8, 4) is 5.75 Å². The molecule has 2 aromatic carbocycles. The van der Waals surface area contributed by atoms with Crippen LogP contribution in [0.2, 0.25) is 0 Å². The average Bonchev–Trinajstić information content (AvgIpc) is 3.46. The van der Waals surface area contributed by atoms with Gasteiger partial charge in [0.05, 0.1) is 25.4 Å². The monoisotopic (exact) mass is 604 g/mol. The number of alkyl halides is 2. The van der Waals surface area contributed by atoms with Gasteiger partial charge in [-0.15, -0.1) is 0 Å². The van der Waals surface area contributed by atoms with Crippen molar-refractivity contribution in [2.75, 3.05) is 26.7 Å². The number of amides is 1. The quantitative estimate of drug-likeness (QED) is 0.309. The predicted octanol–water partition coefficient (Wildman–Crippen LogP) is 5.69. The first kappa shape index (κ1) is 30.0. The lowest BCUT2D eigenvalue weighted by Gasteiger charge is -2.42. The molecule has 0 N–H and O–H groups in total. The third-order valence-corrected chi connectivity index (χ3v) is 9.05. The second-order valence-corrected chi connectivity index (χ2v) is 11.9. The number of benzene rings is 2. The van der Waals surface area contributed by atoms with Crippen molar-refractivity contribution in [1.82, 2.24) is 14.8 Å². The summed E-state index contributed by atoms with van der Waals surface area (Å²) in [6.07, 6.45) is 4.04. The number of piperidine rings is 2. The van der Waals surface area contributed by atoms with Crippen LogP contribution in [0.25, 0.3) is 0 Å². The van der Waals surface area contributed by atoms with Gasteiger partial charge in [-0.2, -0.15) is 0 Å². The number of nitrogens with zero attached hydrogens (tertiary/aromatic N) is 4. The summed E-state index contributed by atoms with van der Waals surface area (Å²) in [5.41, 5.74) is 4.72. The largest absolute Gasteiger partial charge is 0.496 e. The second-order valence-electron chi connectivity index (χ2n) is 11.9. The molecule has 1 aromatic heterocycles. The van der Waals surface area contributed by atoms with Crippen LogP contribution in [0.15, 0.2) is 65.9 Å². The van der Waals surface area contributed by atoms with Crippen LogP contribution in [0.5, 0.6) is 5.75 Å². The number of ether oxygens (including phenoxy) is 1. The molecule has 0 spiro atoms. The van der Waals surface area contributed by atoms with Crippen LogP contribution >= 0.6 is 0 Å². The summed E-state index contributed by atoms with van der Waals surface area (Å²) >= 11 is 0. The van der Waals surface area contributed by atoms with Crippen molar-refractivity contribution in [3.05, 3.63) is 94.6 Å². The zero-order valence-electron chi connectivity index (χ0n) is 24.6. The Bertz CT molecular complexity index is 1570. The lowest BCUT2D eigenvalue weighted by Crippen LogP contribution is -2.54. The Kier molecular flexibility index (Phi) is 8.53. The van der Waals surface area contributed by atoms with Gasteiger partial charge in [0.1, 0.15) is 11.6 Å². The Balaban J connectivity index is 1.20. The van der Waals surface area contributed by atoms with Gasteiger partial charge in [0.2, 0.25) is 5.91 Å². The number of rotatable bonds is 8. The van der Waals surface area contributed by atoms with E-state index in [0.717, 1.165) is 22.4 Å². The lowest BCUT2D eigenvalue weighted by molar-refractivity contribution is -0.145. The topological polar surface area (TPSA) is 75.1 Å². The Morgan fingerprint density at radius 2 is 1.82 bits per heavy atom. The van der Waals surface area contributed by atoms with Gasteiger partial charge in [0, 0.05) is 80.1 Å². The molecule has 4 heterocycles. The summed E-state index contributed by atoms with van der Waals surface area (Å²) in [7, 11) is 1.47. The number of carbonyl (C=O) groups is 2. The van der Waals surface area contributed by atoms with E-state index in [-0.39, 0.29) is 56.5 Å². The molecule has 3 aliphatic heterocycles. The fourth-order valence-electron chi connectivity index (χ4n) is 6.59. The number of pyridine rings is 1. The molecule has 0 aliphatic carbocycles. The number of carbonyl (C=O) groups excluding carboxylic acids is 2. The molecule has 0 radical (unpaired) electrons. The van der Waals surface area contributed by atoms with E-state index in [2.05, 4.69) is 9.98 Å². The van der Waals surface area contributed by atoms with E-state index in [4.69, 9.17) is 4.74 Å². The van der Waals surface area contributed by atoms with Crippen molar-refractivity contribution in [3.63, 3.8) is 0 Å². The van der Waals surface area contributed by atoms with Crippen LogP contribution in [-0.2, 0) is 17.9 Å². The van der Waals surface area contributed by atoms with Gasteiger partial charge in [-0.1, -0.05) is 18.2 Å². The average molecular weight is 605 g/mol. The van der Waals surface area contributed by atoms with Crippen LogP contribution in [-0.4, -0.2) is 70.9 Å². The lowest BCUT2D eigenvalue weighted by atomic mass is 9.86. The molecule has 2 saturated heterocycles. The van der Waals surface area contributed by atoms with E-state index in [1.807, 2.05) is 35.2 Å². The van der Waals surface area contributed by atoms with Crippen molar-refractivity contribution in [2.45, 2.75) is 57.2 Å². The zero-order chi connectivity index (χ0) is 30.8. The molecule has 6 rings (SSSR count). The van der Waals surface area contributed by atoms with E-state index in [0.29, 0.717) is 42.8 Å². The van der Waals surface area contributed by atoms with E-state index in [9.17, 15) is 22.8 Å². The van der Waals surface area contributed by atoms with Gasteiger partial charge in [-0.25, -0.2) is 13.2 Å². The van der Waals surface area contributed by atoms with Gasteiger partial charge in [0.25, 0.3) is 5.92 Å². The van der Waals surface area contributed by atoms with Crippen LogP contribution in [0.3, 0.4) is 0 Å². The minimum Gasteiger partial charge on any atom is -0.496 e. The molecule has 10 heteroatoms. The SMILES string of the molecule is COc1cccc(F)c1CN1C[C@H](CC(=O)c2ccc3c(c2)C(c2ccncc2)=NC3)CC[C@H]1C(=O)N1CCC(F)(F)CC1. The molecular weight excluding hydrogens is 569 g/mol. The fourth-order valence-corrected chi connectivity index (χ4v) is 6.59. The van der Waals surface area contributed by atoms with Crippen molar-refractivity contribution in [1.29, 1.82) is 0 Å². The first-order valence-corrected chi connectivity index (χ1v) is 15.1. The number of halogens is 3. The standard InChI is InChI=1S/C34H35F3N4O3/c1-44-31-4-2-3-28(35)27(31)21-41-20-22(5-8-29(41)33(43)40-15-11-34(36,37)12-16-40)17-30(42)24-6-7-25-19-39-32(26(25)18-24)23-9-13-38-14-10-23/h2-4,6-7,9-10,13-14,18,22,29H,5,8,11-12,15-17,19-21H2,1H3/t22-,29-/m0/s1. The summed E-state index contributed by atoms with van der Waals surface area (Å²) in [5.74, 6) is -3.14. The number of Topliss-reactive ketones (excluding diaryl/α,β-unsaturated/α-hetero) is 1. The third kappa shape index (κ3) is 6.26. The maximum atomic E-state index is 15.0. The highest BCUT2D eigenvalue weighted by molar-refractivity contribution is 6.16. The highest BCUT2D eigenvalue weighted by atomic mass is 19.3. The second kappa shape index (κ2) is 12.5. The van der Waals surface area contributed by atoms with Crippen LogP contribution < -0.4 is 4.74 Å². The Morgan fingerprint density at radius 1 is 1.05 bits per heavy atom. The smallest absolute Gasteiger partial charge is 0.251 e. The normalized spacial score (nSPS) is 21.5. The molecule has 0 saturated carbocycles. The molecule has 2 atom stereocenters. The first-order chi connectivity index (χ1) is 21.2. The number of hydrogen-bond acceptors (Lipinski definition) is 6. The minimum absolute atomic E-state index is 0.00904. The molecule has 3 aromatic rings. The van der Waals surface area contributed by atoms with Crippen molar-refractivity contribution < 1.29 is 27.5 Å². The summed E-state index contributed by atoms with van der Waals surface area (Å²) in [6.45, 7) is 1.03. The molecule has 0 unspecified atom stereocenters. The number of likely N-dealkylation sites (tertiary alicyclic amines) is 2. The molecule has 0 bridgehead atoms. The van der Waals surface area contributed by atoms with Gasteiger partial charge in [-0.3, -0.25) is 24.5 Å². The number of aromatic nitrogens is 1. The molecule has 230 valence electrons. The number of fused-ring (bicyclic) bond motifs is 1.